The summed E-state index contributed by atoms with van der Waals surface area (Å²) in [6.45, 7) is 7.71. The molecule has 0 aromatic heterocycles. The second-order valence-corrected chi connectivity index (χ2v) is 7.69. The number of fused-ring (bicyclic) bond motifs is 1. The maximum Gasteiger partial charge on any atom is 0.409 e. The van der Waals surface area contributed by atoms with Gasteiger partial charge in [0.25, 0.3) is 0 Å². The first-order valence-electron chi connectivity index (χ1n) is 8.59. The Hall–Kier alpha value is -1.75. The van der Waals surface area contributed by atoms with E-state index < -0.39 is 0 Å². The van der Waals surface area contributed by atoms with Crippen LogP contribution in [0.4, 0.5) is 4.79 Å². The third-order valence-corrected chi connectivity index (χ3v) is 4.09. The number of rotatable bonds is 0. The van der Waals surface area contributed by atoms with E-state index in [0.29, 0.717) is 0 Å². The summed E-state index contributed by atoms with van der Waals surface area (Å²) in [6.07, 6.45) is 3.08. The van der Waals surface area contributed by atoms with Gasteiger partial charge in [-0.15, -0.1) is 0 Å². The summed E-state index contributed by atoms with van der Waals surface area (Å²) in [7, 11) is 3.32. The van der Waals surface area contributed by atoms with Crippen molar-refractivity contribution in [2.45, 2.75) is 58.7 Å². The smallest absolute Gasteiger partial charge is 0.409 e. The molecule has 3 rings (SSSR count). The van der Waals surface area contributed by atoms with Crippen LogP contribution in [0, 0.1) is 0 Å². The SMILES string of the molecule is C.CN(C)C(=O)OC(C)(C)C.c1ccc2c(c1)CC1(CCNCC1)O2. The zero-order valence-corrected chi connectivity index (χ0v) is 15.5. The largest absolute Gasteiger partial charge is 0.487 e. The Kier molecular flexibility index (Phi) is 7.29. The molecule has 0 bridgehead atoms. The molecule has 5 heteroatoms. The standard InChI is InChI=1S/C12H15NO.C7H15NO2.CH4/c1-2-4-11-10(3-1)9-12(14-11)5-7-13-8-6-12;1-7(2,3)10-6(9)8(4)5;/h1-4,13H,5-9H2;1-5H3;1H4. The van der Waals surface area contributed by atoms with E-state index in [2.05, 4.69) is 29.6 Å². The first kappa shape index (κ1) is 21.3. The second kappa shape index (κ2) is 8.56. The summed E-state index contributed by atoms with van der Waals surface area (Å²) in [4.78, 5) is 12.3. The maximum atomic E-state index is 10.9. The number of hydrogen-bond acceptors (Lipinski definition) is 4. The van der Waals surface area contributed by atoms with E-state index in [1.807, 2.05) is 20.8 Å². The Balaban J connectivity index is 0.000000257. The van der Waals surface area contributed by atoms with Crippen molar-refractivity contribution in [3.8, 4) is 5.75 Å². The van der Waals surface area contributed by atoms with Crippen molar-refractivity contribution in [3.05, 3.63) is 29.8 Å². The molecule has 1 N–H and O–H groups in total. The van der Waals surface area contributed by atoms with Crippen LogP contribution < -0.4 is 10.1 Å². The van der Waals surface area contributed by atoms with Crippen LogP contribution >= 0.6 is 0 Å². The van der Waals surface area contributed by atoms with Crippen LogP contribution in [0.5, 0.6) is 5.75 Å². The predicted octanol–water partition coefficient (Wildman–Crippen LogP) is 3.86. The van der Waals surface area contributed by atoms with Gasteiger partial charge in [-0.25, -0.2) is 4.79 Å². The molecule has 5 nitrogen and oxygen atoms in total. The van der Waals surface area contributed by atoms with Crippen molar-refractivity contribution in [1.82, 2.24) is 10.2 Å². The summed E-state index contributed by atoms with van der Waals surface area (Å²) in [5.74, 6) is 1.11. The first-order valence-corrected chi connectivity index (χ1v) is 8.59. The molecular formula is C20H34N2O3. The maximum absolute atomic E-state index is 10.9. The average Bonchev–Trinajstić information content (AvgIpc) is 2.84. The van der Waals surface area contributed by atoms with Crippen molar-refractivity contribution in [2.75, 3.05) is 27.2 Å². The topological polar surface area (TPSA) is 50.8 Å². The number of carbonyl (C=O) groups excluding carboxylic acids is 1. The van der Waals surface area contributed by atoms with Crippen molar-refractivity contribution >= 4 is 6.09 Å². The summed E-state index contributed by atoms with van der Waals surface area (Å²) >= 11 is 0. The van der Waals surface area contributed by atoms with Gasteiger partial charge in [0, 0.05) is 20.5 Å². The highest BCUT2D eigenvalue weighted by Gasteiger charge is 2.39. The predicted molar refractivity (Wildman–Crippen MR) is 102 cm³/mol. The quantitative estimate of drug-likeness (QED) is 0.772. The number of ether oxygens (including phenoxy) is 2. The zero-order chi connectivity index (χ0) is 17.8. The van der Waals surface area contributed by atoms with Gasteiger partial charge in [0.05, 0.1) is 0 Å². The minimum absolute atomic E-state index is 0. The van der Waals surface area contributed by atoms with Gasteiger partial charge in [0.1, 0.15) is 17.0 Å². The lowest BCUT2D eigenvalue weighted by Gasteiger charge is -2.33. The lowest BCUT2D eigenvalue weighted by atomic mass is 9.88. The van der Waals surface area contributed by atoms with Gasteiger partial charge in [-0.1, -0.05) is 25.6 Å². The van der Waals surface area contributed by atoms with Gasteiger partial charge in [-0.3, -0.25) is 0 Å². The van der Waals surface area contributed by atoms with Crippen molar-refractivity contribution in [3.63, 3.8) is 0 Å². The molecule has 0 radical (unpaired) electrons. The van der Waals surface area contributed by atoms with E-state index in [0.717, 1.165) is 38.1 Å². The fourth-order valence-corrected chi connectivity index (χ4v) is 2.88. The van der Waals surface area contributed by atoms with E-state index >= 15 is 0 Å². The van der Waals surface area contributed by atoms with Crippen LogP contribution in [-0.4, -0.2) is 49.4 Å². The van der Waals surface area contributed by atoms with Gasteiger partial charge in [0.2, 0.25) is 0 Å². The van der Waals surface area contributed by atoms with Crippen LogP contribution in [0.1, 0.15) is 46.6 Å². The summed E-state index contributed by atoms with van der Waals surface area (Å²) < 4.78 is 11.1. The zero-order valence-electron chi connectivity index (χ0n) is 15.5. The first-order chi connectivity index (χ1) is 11.2. The molecule has 2 aliphatic rings. The van der Waals surface area contributed by atoms with Crippen LogP contribution in [0.15, 0.2) is 24.3 Å². The highest BCUT2D eigenvalue weighted by Crippen LogP contribution is 2.39. The number of para-hydroxylation sites is 1. The number of benzene rings is 1. The Morgan fingerprint density at radius 3 is 2.28 bits per heavy atom. The molecule has 2 aliphatic heterocycles. The Labute approximate surface area is 152 Å². The van der Waals surface area contributed by atoms with E-state index in [9.17, 15) is 4.79 Å². The van der Waals surface area contributed by atoms with Gasteiger partial charge < -0.3 is 19.7 Å². The number of amides is 1. The summed E-state index contributed by atoms with van der Waals surface area (Å²) in [6, 6.07) is 8.43. The molecule has 1 saturated heterocycles. The molecule has 0 unspecified atom stereocenters. The average molecular weight is 351 g/mol. The van der Waals surface area contributed by atoms with Gasteiger partial charge >= 0.3 is 6.09 Å². The Morgan fingerprint density at radius 2 is 1.80 bits per heavy atom. The monoisotopic (exact) mass is 350 g/mol. The molecular weight excluding hydrogens is 316 g/mol. The second-order valence-electron chi connectivity index (χ2n) is 7.69. The molecule has 1 fully saturated rings. The number of hydrogen-bond donors (Lipinski definition) is 1. The molecule has 0 saturated carbocycles. The van der Waals surface area contributed by atoms with Gasteiger partial charge in [-0.05, 0) is 58.3 Å². The molecule has 1 amide bonds. The van der Waals surface area contributed by atoms with Crippen molar-refractivity contribution in [2.24, 2.45) is 0 Å². The van der Waals surface area contributed by atoms with E-state index in [4.69, 9.17) is 9.47 Å². The van der Waals surface area contributed by atoms with Crippen LogP contribution in [0.3, 0.4) is 0 Å². The van der Waals surface area contributed by atoms with Gasteiger partial charge in [0.15, 0.2) is 0 Å². The Morgan fingerprint density at radius 1 is 1.20 bits per heavy atom. The Bertz CT molecular complexity index is 531. The highest BCUT2D eigenvalue weighted by atomic mass is 16.6. The lowest BCUT2D eigenvalue weighted by Crippen LogP contribution is -2.45. The normalized spacial score (nSPS) is 17.3. The molecule has 142 valence electrons. The number of nitrogens with one attached hydrogen (secondary N) is 1. The minimum atomic E-state index is -0.388. The van der Waals surface area contributed by atoms with Crippen LogP contribution in [0.25, 0.3) is 0 Å². The summed E-state index contributed by atoms with van der Waals surface area (Å²) in [5, 5.41) is 3.38. The minimum Gasteiger partial charge on any atom is -0.487 e. The molecule has 2 heterocycles. The van der Waals surface area contributed by atoms with Crippen LogP contribution in [0.2, 0.25) is 0 Å². The highest BCUT2D eigenvalue weighted by molar-refractivity contribution is 5.67. The van der Waals surface area contributed by atoms with E-state index in [1.54, 1.807) is 14.1 Å². The third-order valence-electron chi connectivity index (χ3n) is 4.09. The van der Waals surface area contributed by atoms with Gasteiger partial charge in [-0.2, -0.15) is 0 Å². The van der Waals surface area contributed by atoms with Crippen LogP contribution in [-0.2, 0) is 11.2 Å². The fourth-order valence-electron chi connectivity index (χ4n) is 2.88. The third kappa shape index (κ3) is 6.24. The number of piperidine rings is 1. The molecule has 1 aromatic rings. The van der Waals surface area contributed by atoms with Crippen molar-refractivity contribution < 1.29 is 14.3 Å². The van der Waals surface area contributed by atoms with E-state index in [-0.39, 0.29) is 24.7 Å². The summed E-state index contributed by atoms with van der Waals surface area (Å²) in [5.41, 5.74) is 1.12. The number of nitrogens with zero attached hydrogens (tertiary/aromatic N) is 1. The fraction of sp³-hybridized carbons (Fsp3) is 0.650. The molecule has 1 spiro atoms. The van der Waals surface area contributed by atoms with Crippen molar-refractivity contribution in [1.29, 1.82) is 0 Å². The molecule has 25 heavy (non-hydrogen) atoms. The van der Waals surface area contributed by atoms with E-state index in [1.165, 1.54) is 10.5 Å². The number of carbonyl (C=O) groups is 1. The molecule has 1 aromatic carbocycles. The molecule has 0 aliphatic carbocycles. The molecule has 0 atom stereocenters. The lowest BCUT2D eigenvalue weighted by molar-refractivity contribution is 0.0341.